The highest BCUT2D eigenvalue weighted by atomic mass is 32.2. The van der Waals surface area contributed by atoms with Crippen molar-refractivity contribution in [3.05, 3.63) is 24.3 Å². The van der Waals surface area contributed by atoms with Crippen LogP contribution in [0.1, 0.15) is 6.92 Å². The molecule has 0 aromatic heterocycles. The van der Waals surface area contributed by atoms with Crippen molar-refractivity contribution < 1.29 is 32.4 Å². The number of carbonyl (C=O) groups is 2. The van der Waals surface area contributed by atoms with Crippen molar-refractivity contribution in [1.82, 2.24) is 0 Å². The summed E-state index contributed by atoms with van der Waals surface area (Å²) in [7, 11) is -4.36. The summed E-state index contributed by atoms with van der Waals surface area (Å²) >= 11 is 0. The summed E-state index contributed by atoms with van der Waals surface area (Å²) in [4.78, 5) is 23.0. The third-order valence-electron chi connectivity index (χ3n) is 2.78. The molecule has 0 bridgehead atoms. The SMILES string of the molecule is CCOC(=O)C1=NN(c2ccc(S(=O)(=O)O)cc2)C(O)C1=O. The molecule has 10 heteroatoms. The molecule has 0 radical (unpaired) electrons. The Hall–Kier alpha value is -2.30. The minimum Gasteiger partial charge on any atom is -0.461 e. The molecule has 0 fully saturated rings. The molecule has 1 aliphatic rings. The second-order valence-electron chi connectivity index (χ2n) is 4.22. The number of nitrogens with zero attached hydrogens (tertiary/aromatic N) is 2. The molecule has 1 aromatic rings. The summed E-state index contributed by atoms with van der Waals surface area (Å²) in [5, 5.41) is 14.4. The van der Waals surface area contributed by atoms with Crippen LogP contribution in [0.3, 0.4) is 0 Å². The summed E-state index contributed by atoms with van der Waals surface area (Å²) < 4.78 is 35.4. The number of hydrogen-bond donors (Lipinski definition) is 2. The molecule has 118 valence electrons. The van der Waals surface area contributed by atoms with Crippen molar-refractivity contribution in [2.75, 3.05) is 11.6 Å². The number of ketones is 1. The zero-order valence-corrected chi connectivity index (χ0v) is 12.1. The van der Waals surface area contributed by atoms with Crippen LogP contribution in [0.4, 0.5) is 5.69 Å². The van der Waals surface area contributed by atoms with E-state index >= 15 is 0 Å². The molecule has 0 saturated carbocycles. The van der Waals surface area contributed by atoms with Crippen molar-refractivity contribution >= 4 is 33.3 Å². The lowest BCUT2D eigenvalue weighted by molar-refractivity contribution is -0.136. The van der Waals surface area contributed by atoms with Crippen LogP contribution < -0.4 is 5.01 Å². The Kier molecular flexibility index (Phi) is 4.26. The number of rotatable bonds is 4. The fraction of sp³-hybridized carbons (Fsp3) is 0.250. The maximum Gasteiger partial charge on any atom is 0.362 e. The third-order valence-corrected chi connectivity index (χ3v) is 3.64. The van der Waals surface area contributed by atoms with Gasteiger partial charge in [-0.3, -0.25) is 9.35 Å². The third kappa shape index (κ3) is 2.98. The summed E-state index contributed by atoms with van der Waals surface area (Å²) in [5.74, 6) is -1.87. The van der Waals surface area contributed by atoms with Crippen LogP contribution in [-0.4, -0.2) is 48.4 Å². The zero-order chi connectivity index (χ0) is 16.5. The van der Waals surface area contributed by atoms with Gasteiger partial charge >= 0.3 is 5.97 Å². The molecule has 0 saturated heterocycles. The molecule has 1 atom stereocenters. The molecule has 1 aromatic carbocycles. The predicted octanol–water partition coefficient (Wildman–Crippen LogP) is -0.440. The van der Waals surface area contributed by atoms with Gasteiger partial charge in [-0.25, -0.2) is 9.80 Å². The average Bonchev–Trinajstić information content (AvgIpc) is 2.75. The Morgan fingerprint density at radius 3 is 2.45 bits per heavy atom. The van der Waals surface area contributed by atoms with Crippen LogP contribution in [0.25, 0.3) is 0 Å². The largest absolute Gasteiger partial charge is 0.461 e. The Morgan fingerprint density at radius 2 is 1.95 bits per heavy atom. The smallest absolute Gasteiger partial charge is 0.362 e. The van der Waals surface area contributed by atoms with Gasteiger partial charge in [0.15, 0.2) is 0 Å². The van der Waals surface area contributed by atoms with Gasteiger partial charge in [-0.15, -0.1) is 0 Å². The van der Waals surface area contributed by atoms with Crippen LogP contribution in [0.15, 0.2) is 34.3 Å². The van der Waals surface area contributed by atoms with Crippen LogP contribution in [0.2, 0.25) is 0 Å². The van der Waals surface area contributed by atoms with Crippen LogP contribution in [-0.2, 0) is 24.4 Å². The van der Waals surface area contributed by atoms with Crippen molar-refractivity contribution in [3.63, 3.8) is 0 Å². The van der Waals surface area contributed by atoms with E-state index in [2.05, 4.69) is 9.84 Å². The second-order valence-corrected chi connectivity index (χ2v) is 5.64. The molecule has 2 N–H and O–H groups in total. The minimum atomic E-state index is -4.36. The Balaban J connectivity index is 2.32. The van der Waals surface area contributed by atoms with Crippen molar-refractivity contribution in [2.24, 2.45) is 5.10 Å². The first-order chi connectivity index (χ1) is 10.3. The number of hydrogen-bond acceptors (Lipinski definition) is 8. The van der Waals surface area contributed by atoms with Gasteiger partial charge in [-0.05, 0) is 31.2 Å². The molecule has 1 heterocycles. The molecule has 1 aliphatic heterocycles. The zero-order valence-electron chi connectivity index (χ0n) is 11.3. The Morgan fingerprint density at radius 1 is 1.36 bits per heavy atom. The molecule has 1 unspecified atom stereocenters. The second kappa shape index (κ2) is 5.83. The predicted molar refractivity (Wildman–Crippen MR) is 73.8 cm³/mol. The van der Waals surface area contributed by atoms with E-state index < -0.39 is 33.8 Å². The topological polar surface area (TPSA) is 134 Å². The van der Waals surface area contributed by atoms with Gasteiger partial charge < -0.3 is 9.84 Å². The van der Waals surface area contributed by atoms with Gasteiger partial charge in [0.1, 0.15) is 0 Å². The van der Waals surface area contributed by atoms with E-state index in [0.717, 1.165) is 17.1 Å². The number of carbonyl (C=O) groups excluding carboxylic acids is 2. The number of aliphatic hydroxyl groups is 1. The van der Waals surface area contributed by atoms with Crippen molar-refractivity contribution in [1.29, 1.82) is 0 Å². The van der Waals surface area contributed by atoms with E-state index in [4.69, 9.17) is 4.55 Å². The fourth-order valence-corrected chi connectivity index (χ4v) is 2.24. The normalized spacial score (nSPS) is 18.3. The lowest BCUT2D eigenvalue weighted by Gasteiger charge is -2.17. The molecule has 0 aliphatic carbocycles. The molecule has 0 spiro atoms. The number of benzene rings is 1. The van der Waals surface area contributed by atoms with Gasteiger partial charge in [0.25, 0.3) is 10.1 Å². The quantitative estimate of drug-likeness (QED) is 0.561. The number of hydrazone groups is 1. The van der Waals surface area contributed by atoms with Crippen molar-refractivity contribution in [3.8, 4) is 0 Å². The Bertz CT molecular complexity index is 739. The van der Waals surface area contributed by atoms with Crippen LogP contribution >= 0.6 is 0 Å². The van der Waals surface area contributed by atoms with Gasteiger partial charge in [-0.1, -0.05) is 0 Å². The maximum atomic E-state index is 11.8. The monoisotopic (exact) mass is 328 g/mol. The maximum absolute atomic E-state index is 11.8. The number of esters is 1. The highest BCUT2D eigenvalue weighted by Crippen LogP contribution is 2.23. The standard InChI is InChI=1S/C12H12N2O7S/c1-2-21-12(17)9-10(15)11(16)14(13-9)7-3-5-8(6-4-7)22(18,19)20/h3-6,11,16H,2H2,1H3,(H,18,19,20). The molecule has 2 rings (SSSR count). The molecule has 0 amide bonds. The van der Waals surface area contributed by atoms with Gasteiger partial charge in [-0.2, -0.15) is 13.5 Å². The molecular weight excluding hydrogens is 316 g/mol. The lowest BCUT2D eigenvalue weighted by atomic mass is 10.2. The molecule has 9 nitrogen and oxygen atoms in total. The summed E-state index contributed by atoms with van der Waals surface area (Å²) in [5.41, 5.74) is -0.388. The average molecular weight is 328 g/mol. The van der Waals surface area contributed by atoms with Crippen molar-refractivity contribution in [2.45, 2.75) is 18.0 Å². The van der Waals surface area contributed by atoms with Crippen LogP contribution in [0, 0.1) is 0 Å². The van der Waals surface area contributed by atoms with Gasteiger partial charge in [0.2, 0.25) is 17.7 Å². The molecule has 22 heavy (non-hydrogen) atoms. The lowest BCUT2D eigenvalue weighted by Crippen LogP contribution is -2.35. The Labute approximate surface area is 125 Å². The van der Waals surface area contributed by atoms with Gasteiger partial charge in [0, 0.05) is 0 Å². The highest BCUT2D eigenvalue weighted by molar-refractivity contribution is 7.85. The van der Waals surface area contributed by atoms with Gasteiger partial charge in [0.05, 0.1) is 17.2 Å². The first-order valence-electron chi connectivity index (χ1n) is 6.10. The summed E-state index contributed by atoms with van der Waals surface area (Å²) in [6.45, 7) is 1.60. The molecular formula is C12H12N2O7S. The highest BCUT2D eigenvalue weighted by Gasteiger charge is 2.39. The van der Waals surface area contributed by atoms with E-state index in [0.29, 0.717) is 0 Å². The number of Topliss-reactive ketones (excluding diaryl/α,β-unsaturated/α-hetero) is 1. The fourth-order valence-electron chi connectivity index (χ4n) is 1.76. The number of anilines is 1. The van der Waals surface area contributed by atoms with E-state index in [1.165, 1.54) is 12.1 Å². The summed E-state index contributed by atoms with van der Waals surface area (Å²) in [6, 6.07) is 4.58. The van der Waals surface area contributed by atoms with E-state index in [-0.39, 0.29) is 17.2 Å². The van der Waals surface area contributed by atoms with Crippen LogP contribution in [0.5, 0.6) is 0 Å². The number of ether oxygens (including phenoxy) is 1. The van der Waals surface area contributed by atoms with E-state index in [9.17, 15) is 23.1 Å². The number of aliphatic hydroxyl groups excluding tert-OH is 1. The minimum absolute atomic E-state index is 0.0459. The first-order valence-corrected chi connectivity index (χ1v) is 7.54. The first kappa shape index (κ1) is 16.1. The summed E-state index contributed by atoms with van der Waals surface area (Å²) in [6.07, 6.45) is -1.71. The van der Waals surface area contributed by atoms with E-state index in [1.54, 1.807) is 6.92 Å². The van der Waals surface area contributed by atoms with E-state index in [1.807, 2.05) is 0 Å².